The van der Waals surface area contributed by atoms with Gasteiger partial charge in [-0.15, -0.1) is 0 Å². The van der Waals surface area contributed by atoms with E-state index in [9.17, 15) is 4.39 Å². The quantitative estimate of drug-likeness (QED) is 0.0761. The third-order valence-electron chi connectivity index (χ3n) is 24.8. The first-order chi connectivity index (χ1) is 43.0. The molecule has 5 aromatic rings. The van der Waals surface area contributed by atoms with E-state index in [2.05, 4.69) is 97.8 Å². The van der Waals surface area contributed by atoms with E-state index in [-0.39, 0.29) is 5.82 Å². The molecular weight excluding hydrogens is 1090 g/mol. The molecule has 5 heterocycles. The molecule has 16 saturated carbocycles. The Labute approximate surface area is 522 Å². The second-order valence-corrected chi connectivity index (χ2v) is 31.8. The van der Waals surface area contributed by atoms with Gasteiger partial charge in [-0.1, -0.05) is 37.3 Å². The summed E-state index contributed by atoms with van der Waals surface area (Å²) < 4.78 is 30.1. The number of allylic oxidation sites excluding steroid dienone is 2. The number of rotatable bonds is 16. The van der Waals surface area contributed by atoms with Gasteiger partial charge in [0.15, 0.2) is 5.89 Å². The number of aliphatic imine (C=N–C) groups is 2. The Morgan fingerprint density at radius 1 is 0.477 bits per heavy atom. The zero-order valence-corrected chi connectivity index (χ0v) is 52.5. The van der Waals surface area contributed by atoms with E-state index < -0.39 is 0 Å². The first kappa shape index (κ1) is 57.9. The zero-order valence-electron chi connectivity index (χ0n) is 52.5. The highest BCUT2D eigenvalue weighted by atomic mass is 19.1. The van der Waals surface area contributed by atoms with E-state index in [4.69, 9.17) is 18.2 Å². The SMILES string of the molecule is C1=C(CNC23CC4CC(CC(C4)C2)C3)CN=C1c1ccccc1.C1=NCC(c2ccc(CNC34CC5CC(CC(C5)C3)C4)o2)=C1.CCc1nc(CNC23CC4CC(CC(C4)C2)C3)co1.Fc1ccc(-c2nc(CNC34CC5CC(CC(C5)C3)C4)co2)cc1. The molecule has 12 heteroatoms. The van der Waals surface area contributed by atoms with Crippen LogP contribution in [-0.2, 0) is 26.1 Å². The van der Waals surface area contributed by atoms with Gasteiger partial charge in [0.1, 0.15) is 29.9 Å². The fourth-order valence-corrected chi connectivity index (χ4v) is 22.7. The van der Waals surface area contributed by atoms with Gasteiger partial charge in [-0.3, -0.25) is 9.98 Å². The van der Waals surface area contributed by atoms with Gasteiger partial charge in [0, 0.05) is 65.6 Å². The summed E-state index contributed by atoms with van der Waals surface area (Å²) in [5, 5.41) is 15.6. The van der Waals surface area contributed by atoms with Crippen LogP contribution in [0.3, 0.4) is 0 Å². The normalized spacial score (nSPS) is 37.5. The van der Waals surface area contributed by atoms with Crippen molar-refractivity contribution in [2.75, 3.05) is 19.6 Å². The number of aryl methyl sites for hydroxylation is 1. The van der Waals surface area contributed by atoms with Crippen molar-refractivity contribution < 1.29 is 17.6 Å². The third-order valence-corrected chi connectivity index (χ3v) is 24.8. The first-order valence-electron chi connectivity index (χ1n) is 35.2. The Balaban J connectivity index is 0.0000000949. The summed E-state index contributed by atoms with van der Waals surface area (Å²) in [6.07, 6.45) is 45.3. The number of nitrogens with one attached hydrogen (secondary N) is 4. The van der Waals surface area contributed by atoms with Gasteiger partial charge in [-0.2, -0.15) is 0 Å². The molecule has 0 atom stereocenters. The lowest BCUT2D eigenvalue weighted by atomic mass is 9.53. The average Bonchev–Trinajstić information content (AvgIpc) is 1.26. The lowest BCUT2D eigenvalue weighted by molar-refractivity contribution is -0.0214. The zero-order chi connectivity index (χ0) is 58.9. The maximum Gasteiger partial charge on any atom is 0.226 e. The number of oxazole rings is 2. The molecule has 0 amide bonds. The van der Waals surface area contributed by atoms with Gasteiger partial charge in [0.2, 0.25) is 5.89 Å². The third kappa shape index (κ3) is 12.6. The number of hydrogen-bond donors (Lipinski definition) is 4. The summed E-state index contributed by atoms with van der Waals surface area (Å²) in [6, 6.07) is 21.1. The molecule has 16 aliphatic carbocycles. The maximum absolute atomic E-state index is 13.0. The molecule has 0 spiro atoms. The van der Waals surface area contributed by atoms with E-state index in [1.807, 2.05) is 12.5 Å². The number of nitrogens with zero attached hydrogens (tertiary/aromatic N) is 4. The number of hydrogen-bond acceptors (Lipinski definition) is 11. The summed E-state index contributed by atoms with van der Waals surface area (Å²) in [4.78, 5) is 18.1. The van der Waals surface area contributed by atoms with Crippen LogP contribution in [0.15, 0.2) is 120 Å². The van der Waals surface area contributed by atoms with E-state index in [1.165, 1.54) is 183 Å². The predicted molar refractivity (Wildman–Crippen MR) is 346 cm³/mol. The maximum atomic E-state index is 13.0. The van der Waals surface area contributed by atoms with Crippen LogP contribution in [0, 0.1) is 76.8 Å². The summed E-state index contributed by atoms with van der Waals surface area (Å²) in [5.74, 6) is 15.1. The number of aromatic nitrogens is 2. The van der Waals surface area contributed by atoms with Crippen LogP contribution in [0.1, 0.15) is 195 Å². The second kappa shape index (κ2) is 24.1. The largest absolute Gasteiger partial charge is 0.460 e. The van der Waals surface area contributed by atoms with Crippen molar-refractivity contribution in [2.24, 2.45) is 81.0 Å². The Morgan fingerprint density at radius 2 is 0.932 bits per heavy atom. The molecule has 88 heavy (non-hydrogen) atoms. The van der Waals surface area contributed by atoms with E-state index >= 15 is 0 Å². The van der Waals surface area contributed by atoms with E-state index in [1.54, 1.807) is 18.4 Å². The average molecular weight is 1190 g/mol. The minimum atomic E-state index is -0.242. The Hall–Kier alpha value is -5.27. The van der Waals surface area contributed by atoms with Crippen molar-refractivity contribution in [3.05, 3.63) is 137 Å². The molecular formula is C76H97FN8O3. The topological polar surface area (TPSA) is 138 Å². The highest BCUT2D eigenvalue weighted by Crippen LogP contribution is 2.59. The van der Waals surface area contributed by atoms with Gasteiger partial charge in [0.25, 0.3) is 0 Å². The van der Waals surface area contributed by atoms with Gasteiger partial charge >= 0.3 is 0 Å². The van der Waals surface area contributed by atoms with Crippen LogP contribution < -0.4 is 21.3 Å². The second-order valence-electron chi connectivity index (χ2n) is 31.8. The Morgan fingerprint density at radius 3 is 1.39 bits per heavy atom. The summed E-state index contributed by atoms with van der Waals surface area (Å²) in [6.45, 7) is 7.28. The highest BCUT2D eigenvalue weighted by molar-refractivity contribution is 6.10. The molecule has 4 N–H and O–H groups in total. The molecule has 0 unspecified atom stereocenters. The van der Waals surface area contributed by atoms with Gasteiger partial charge < -0.3 is 34.5 Å². The molecule has 0 radical (unpaired) electrons. The molecule has 16 bridgehead atoms. The van der Waals surface area contributed by atoms with E-state index in [0.29, 0.717) is 28.0 Å². The molecule has 2 aliphatic heterocycles. The fourth-order valence-electron chi connectivity index (χ4n) is 22.7. The first-order valence-corrected chi connectivity index (χ1v) is 35.2. The summed E-state index contributed by atoms with van der Waals surface area (Å²) >= 11 is 0. The molecule has 2 aromatic carbocycles. The molecule has 3 aromatic heterocycles. The van der Waals surface area contributed by atoms with Crippen LogP contribution in [0.25, 0.3) is 17.0 Å². The summed E-state index contributed by atoms with van der Waals surface area (Å²) in [5.41, 5.74) is 9.53. The van der Waals surface area contributed by atoms with Crippen molar-refractivity contribution in [3.63, 3.8) is 0 Å². The Bertz CT molecular complexity index is 3240. The lowest BCUT2D eigenvalue weighted by Gasteiger charge is -2.57. The molecule has 23 rings (SSSR count). The minimum Gasteiger partial charge on any atom is -0.460 e. The van der Waals surface area contributed by atoms with Crippen molar-refractivity contribution >= 4 is 17.5 Å². The minimum absolute atomic E-state index is 0.242. The predicted octanol–water partition coefficient (Wildman–Crippen LogP) is 15.6. The van der Waals surface area contributed by atoms with Crippen molar-refractivity contribution in [1.82, 2.24) is 31.2 Å². The molecule has 11 nitrogen and oxygen atoms in total. The highest BCUT2D eigenvalue weighted by Gasteiger charge is 2.54. The van der Waals surface area contributed by atoms with Crippen molar-refractivity contribution in [3.8, 4) is 11.5 Å². The van der Waals surface area contributed by atoms with Crippen LogP contribution in [0.2, 0.25) is 0 Å². The molecule has 0 saturated heterocycles. The number of halogens is 1. The van der Waals surface area contributed by atoms with Gasteiger partial charge in [-0.25, -0.2) is 14.4 Å². The monoisotopic (exact) mass is 1190 g/mol. The van der Waals surface area contributed by atoms with Crippen molar-refractivity contribution in [1.29, 1.82) is 0 Å². The lowest BCUT2D eigenvalue weighted by Crippen LogP contribution is -2.58. The van der Waals surface area contributed by atoms with Crippen LogP contribution in [-0.4, -0.2) is 63.7 Å². The smallest absolute Gasteiger partial charge is 0.226 e. The number of benzene rings is 2. The fraction of sp³-hybridized carbons (Fsp3) is 0.632. The van der Waals surface area contributed by atoms with Gasteiger partial charge in [-0.05, 0) is 285 Å². The van der Waals surface area contributed by atoms with E-state index in [0.717, 1.165) is 157 Å². The van der Waals surface area contributed by atoms with Crippen LogP contribution >= 0.6 is 0 Å². The van der Waals surface area contributed by atoms with Gasteiger partial charge in [0.05, 0.1) is 36.7 Å². The molecule has 18 aliphatic rings. The Kier molecular flexibility index (Phi) is 15.8. The van der Waals surface area contributed by atoms with Crippen LogP contribution in [0.4, 0.5) is 4.39 Å². The van der Waals surface area contributed by atoms with Crippen molar-refractivity contribution in [2.45, 2.75) is 209 Å². The molecule has 466 valence electrons. The standard InChI is InChI=1S/C21H26N2.C20H23FN2O.C19H24N2O.C16H24N2O/c1-2-4-19(5-3-1)20-9-18(13-22-20)14-23-21-10-15-6-16(11-21)8-17(7-15)12-21;21-17-3-1-16(2-4-17)19-23-18(12-24-19)11-22-20-8-13-5-14(9-20)7-15(6-13)10-20;1-2-18(16-3-4-20-11-16)22-17(1)12-21-19-8-13-5-14(9-19)7-15(6-13)10-19;1-2-15-18-14(10-19-15)9-17-16-6-11-3-12(7-16)5-13(4-11)8-16/h1-5,9,15-17,23H,6-8,10-14H2;1-4,12-15,22H,5-11H2;1-4,13-15,21H,5-12H2;10-13,17H,2-9H2,1H3. The summed E-state index contributed by atoms with van der Waals surface area (Å²) in [7, 11) is 0. The molecule has 16 fully saturated rings. The number of furan rings is 1. The van der Waals surface area contributed by atoms with Crippen LogP contribution in [0.5, 0.6) is 0 Å².